The Morgan fingerprint density at radius 1 is 1.05 bits per heavy atom. The first-order valence-corrected chi connectivity index (χ1v) is 14.3. The maximum Gasteiger partial charge on any atom is 0.269 e. The van der Waals surface area contributed by atoms with Crippen LogP contribution in [0, 0.1) is 5.82 Å². The second-order valence-corrected chi connectivity index (χ2v) is 11.8. The Morgan fingerprint density at radius 3 is 2.39 bits per heavy atom. The van der Waals surface area contributed by atoms with Crippen molar-refractivity contribution in [2.24, 2.45) is 0 Å². The van der Waals surface area contributed by atoms with E-state index in [0.29, 0.717) is 32.8 Å². The lowest BCUT2D eigenvalue weighted by atomic mass is 10.1. The highest BCUT2D eigenvalue weighted by atomic mass is 35.5. The van der Waals surface area contributed by atoms with Crippen molar-refractivity contribution in [1.29, 1.82) is 0 Å². The quantitative estimate of drug-likeness (QED) is 0.209. The minimum Gasteiger partial charge on any atom is -0.497 e. The van der Waals surface area contributed by atoms with E-state index in [1.54, 1.807) is 41.8 Å². The fourth-order valence-corrected chi connectivity index (χ4v) is 6.67. The van der Waals surface area contributed by atoms with Crippen LogP contribution >= 0.6 is 34.5 Å². The summed E-state index contributed by atoms with van der Waals surface area (Å²) in [7, 11) is -1.35. The van der Waals surface area contributed by atoms with E-state index in [0.717, 1.165) is 27.3 Å². The van der Waals surface area contributed by atoms with Crippen LogP contribution in [0.5, 0.6) is 11.5 Å². The Hall–Kier alpha value is -3.05. The summed E-state index contributed by atoms with van der Waals surface area (Å²) in [4.78, 5) is 3.69. The predicted molar refractivity (Wildman–Crippen MR) is 150 cm³/mol. The Labute approximate surface area is 234 Å². The smallest absolute Gasteiger partial charge is 0.269 e. The Bertz CT molecular complexity index is 1520. The molecule has 0 bridgehead atoms. The molecule has 0 amide bonds. The summed E-state index contributed by atoms with van der Waals surface area (Å²) < 4.78 is 54.6. The highest BCUT2D eigenvalue weighted by Gasteiger charge is 2.31. The number of rotatable bonds is 10. The molecule has 0 saturated heterocycles. The zero-order chi connectivity index (χ0) is 27.4. The summed E-state index contributed by atoms with van der Waals surface area (Å²) in [5.41, 5.74) is 1.74. The first kappa shape index (κ1) is 28.0. The first-order valence-electron chi connectivity index (χ1n) is 11.3. The monoisotopic (exact) mass is 595 g/mol. The molecule has 1 aromatic heterocycles. The third-order valence-electron chi connectivity index (χ3n) is 5.71. The number of hydrogen-bond acceptors (Lipinski definition) is 7. The van der Waals surface area contributed by atoms with Gasteiger partial charge in [0.1, 0.15) is 22.2 Å². The van der Waals surface area contributed by atoms with Crippen molar-refractivity contribution in [2.75, 3.05) is 23.8 Å². The van der Waals surface area contributed by atoms with E-state index in [-0.39, 0.29) is 17.7 Å². The third-order valence-corrected chi connectivity index (χ3v) is 8.82. The van der Waals surface area contributed by atoms with Crippen LogP contribution in [0.4, 0.5) is 15.2 Å². The number of aromatic nitrogens is 1. The number of sulfonamides is 1. The molecule has 1 atom stereocenters. The molecule has 0 aliphatic carbocycles. The molecule has 200 valence electrons. The van der Waals surface area contributed by atoms with Crippen LogP contribution in [0.2, 0.25) is 10.0 Å². The van der Waals surface area contributed by atoms with Gasteiger partial charge >= 0.3 is 0 Å². The van der Waals surface area contributed by atoms with Gasteiger partial charge in [-0.25, -0.2) is 22.1 Å². The summed E-state index contributed by atoms with van der Waals surface area (Å²) in [5.74, 6) is 0.0727. The second kappa shape index (κ2) is 11.8. The van der Waals surface area contributed by atoms with Gasteiger partial charge in [0.15, 0.2) is 5.13 Å². The number of hydrogen-bond donors (Lipinski definition) is 1. The molecule has 38 heavy (non-hydrogen) atoms. The number of nitrogens with one attached hydrogen (secondary N) is 1. The number of benzene rings is 3. The molecule has 0 spiro atoms. The summed E-state index contributed by atoms with van der Waals surface area (Å²) in [5, 5.41) is 5.94. The molecule has 12 heteroatoms. The SMILES string of the molecule is COc1ccc(CN(c2nccs2)S(=O)(=O)c2ccc(NC(C)c3cc(Cl)cc(Cl)c3)cc2F)c(OC)c1. The molecule has 4 rings (SSSR count). The second-order valence-electron chi connectivity index (χ2n) is 8.22. The third kappa shape index (κ3) is 6.15. The van der Waals surface area contributed by atoms with Gasteiger partial charge in [0.2, 0.25) is 0 Å². The number of halogens is 3. The maximum absolute atomic E-state index is 15.4. The van der Waals surface area contributed by atoms with Crippen molar-refractivity contribution in [2.45, 2.75) is 24.4 Å². The zero-order valence-electron chi connectivity index (χ0n) is 20.6. The number of thiazole rings is 1. The van der Waals surface area contributed by atoms with E-state index in [4.69, 9.17) is 32.7 Å². The van der Waals surface area contributed by atoms with Gasteiger partial charge in [-0.05, 0) is 61.0 Å². The van der Waals surface area contributed by atoms with Gasteiger partial charge in [-0.15, -0.1) is 11.3 Å². The summed E-state index contributed by atoms with van der Waals surface area (Å²) >= 11 is 13.3. The standard InChI is InChI=1S/C26H24Cl2FN3O4S2/c1-16(18-10-19(27)12-20(28)11-18)31-21-5-7-25(23(29)13-21)38(33,34)32(26-30-8-9-37-26)15-17-4-6-22(35-2)14-24(17)36-3/h4-14,16,31H,15H2,1-3H3. The molecule has 0 aliphatic rings. The molecule has 0 aliphatic heterocycles. The Morgan fingerprint density at radius 2 is 1.79 bits per heavy atom. The zero-order valence-corrected chi connectivity index (χ0v) is 23.8. The van der Waals surface area contributed by atoms with Crippen LogP contribution < -0.4 is 19.1 Å². The van der Waals surface area contributed by atoms with Crippen LogP contribution in [0.15, 0.2) is 71.1 Å². The Kier molecular flexibility index (Phi) is 8.67. The molecule has 0 radical (unpaired) electrons. The number of ether oxygens (including phenoxy) is 2. The normalized spacial score (nSPS) is 12.2. The lowest BCUT2D eigenvalue weighted by Crippen LogP contribution is -2.31. The molecule has 1 unspecified atom stereocenters. The van der Waals surface area contributed by atoms with Gasteiger partial charge in [0, 0.05) is 45.0 Å². The van der Waals surface area contributed by atoms with E-state index < -0.39 is 20.7 Å². The van der Waals surface area contributed by atoms with Crippen LogP contribution in [0.1, 0.15) is 24.1 Å². The van der Waals surface area contributed by atoms with Crippen molar-refractivity contribution in [3.63, 3.8) is 0 Å². The van der Waals surface area contributed by atoms with Gasteiger partial charge in [-0.1, -0.05) is 23.2 Å². The molecule has 0 saturated carbocycles. The molecule has 7 nitrogen and oxygen atoms in total. The van der Waals surface area contributed by atoms with E-state index >= 15 is 4.39 Å². The Balaban J connectivity index is 1.65. The highest BCUT2D eigenvalue weighted by molar-refractivity contribution is 7.93. The van der Waals surface area contributed by atoms with Crippen LogP contribution in [-0.2, 0) is 16.6 Å². The van der Waals surface area contributed by atoms with Gasteiger partial charge < -0.3 is 14.8 Å². The van der Waals surface area contributed by atoms with E-state index in [9.17, 15) is 8.42 Å². The van der Waals surface area contributed by atoms with Gasteiger partial charge in [-0.2, -0.15) is 0 Å². The maximum atomic E-state index is 15.4. The summed E-state index contributed by atoms with van der Waals surface area (Å²) in [6, 6.07) is 13.8. The lowest BCUT2D eigenvalue weighted by molar-refractivity contribution is 0.391. The minimum atomic E-state index is -4.35. The topological polar surface area (TPSA) is 80.8 Å². The highest BCUT2D eigenvalue weighted by Crippen LogP contribution is 2.34. The predicted octanol–water partition coefficient (Wildman–Crippen LogP) is 7.17. The van der Waals surface area contributed by atoms with Crippen LogP contribution in [0.25, 0.3) is 0 Å². The molecule has 1 heterocycles. The first-order chi connectivity index (χ1) is 18.1. The summed E-state index contributed by atoms with van der Waals surface area (Å²) in [6.45, 7) is 1.73. The van der Waals surface area contributed by atoms with Crippen molar-refractivity contribution >= 4 is 55.4 Å². The van der Waals surface area contributed by atoms with Gasteiger partial charge in [-0.3, -0.25) is 0 Å². The average molecular weight is 597 g/mol. The van der Waals surface area contributed by atoms with Crippen LogP contribution in [0.3, 0.4) is 0 Å². The van der Waals surface area contributed by atoms with Gasteiger partial charge in [0.25, 0.3) is 10.0 Å². The van der Waals surface area contributed by atoms with Crippen molar-refractivity contribution in [1.82, 2.24) is 4.98 Å². The molecule has 1 N–H and O–H groups in total. The fourth-order valence-electron chi connectivity index (χ4n) is 3.81. The summed E-state index contributed by atoms with van der Waals surface area (Å²) in [6.07, 6.45) is 1.49. The molecular formula is C26H24Cl2FN3O4S2. The largest absolute Gasteiger partial charge is 0.497 e. The van der Waals surface area contributed by atoms with Gasteiger partial charge in [0.05, 0.1) is 20.8 Å². The van der Waals surface area contributed by atoms with E-state index in [1.807, 2.05) is 6.92 Å². The van der Waals surface area contributed by atoms with Crippen molar-refractivity contribution in [3.8, 4) is 11.5 Å². The van der Waals surface area contributed by atoms with Crippen molar-refractivity contribution in [3.05, 3.63) is 93.2 Å². The van der Waals surface area contributed by atoms with Crippen molar-refractivity contribution < 1.29 is 22.3 Å². The average Bonchev–Trinajstić information content (AvgIpc) is 3.41. The molecule has 3 aromatic carbocycles. The molecular weight excluding hydrogens is 572 g/mol. The minimum absolute atomic E-state index is 0.130. The molecule has 0 fully saturated rings. The van der Waals surface area contributed by atoms with E-state index in [2.05, 4.69) is 10.3 Å². The fraction of sp³-hybridized carbons (Fsp3) is 0.192. The lowest BCUT2D eigenvalue weighted by Gasteiger charge is -2.24. The van der Waals surface area contributed by atoms with E-state index in [1.165, 1.54) is 32.5 Å². The number of anilines is 2. The molecule has 4 aromatic rings. The van der Waals surface area contributed by atoms with Crippen LogP contribution in [-0.4, -0.2) is 27.6 Å². The number of methoxy groups -OCH3 is 2. The number of nitrogens with zero attached hydrogens (tertiary/aromatic N) is 2.